The quantitative estimate of drug-likeness (QED) is 0.655. The second-order valence-corrected chi connectivity index (χ2v) is 12.0. The van der Waals surface area contributed by atoms with Gasteiger partial charge in [-0.15, -0.1) is 11.8 Å². The molecule has 3 amide bonds. The Kier molecular flexibility index (Phi) is 4.31. The molecule has 4 fully saturated rings. The van der Waals surface area contributed by atoms with Crippen molar-refractivity contribution < 1.29 is 19.1 Å². The maximum Gasteiger partial charge on any atom is 0.305 e. The number of thioether (sulfide) groups is 1. The number of carbonyl (C=O) groups is 3. The normalized spacial score (nSPS) is 37.7. The van der Waals surface area contributed by atoms with E-state index in [0.29, 0.717) is 26.3 Å². The van der Waals surface area contributed by atoms with Gasteiger partial charge in [-0.1, -0.05) is 25.2 Å². The molecule has 0 radical (unpaired) electrons. The minimum Gasteiger partial charge on any atom is -0.378 e. The van der Waals surface area contributed by atoms with Crippen molar-refractivity contribution in [2.45, 2.75) is 36.0 Å². The SMILES string of the molecule is CC1(C)c2sc(=O)[nH]c2S[C@@H]2[C@H]3C[C@@H]([C@@H]4C(=O)N(CC(=O)N5CCOCC5)C(=O)[C@H]34)[C@@H]21. The summed E-state index contributed by atoms with van der Waals surface area (Å²) in [6.07, 6.45) is 0.878. The van der Waals surface area contributed by atoms with E-state index < -0.39 is 0 Å². The lowest BCUT2D eigenvalue weighted by Gasteiger charge is -2.47. The smallest absolute Gasteiger partial charge is 0.305 e. The number of aromatic nitrogens is 1. The molecule has 6 atom stereocenters. The number of hydrogen-bond donors (Lipinski definition) is 1. The maximum atomic E-state index is 13.4. The van der Waals surface area contributed by atoms with Crippen molar-refractivity contribution in [3.8, 4) is 0 Å². The number of rotatable bonds is 2. The fourth-order valence-electron chi connectivity index (χ4n) is 6.92. The number of amides is 3. The van der Waals surface area contributed by atoms with Crippen LogP contribution in [-0.4, -0.2) is 70.6 Å². The predicted molar refractivity (Wildman–Crippen MR) is 114 cm³/mol. The Hall–Kier alpha value is -1.65. The predicted octanol–water partition coefficient (Wildman–Crippen LogP) is 0.914. The van der Waals surface area contributed by atoms with E-state index in [1.807, 2.05) is 0 Å². The fourth-order valence-corrected chi connectivity index (χ4v) is 10.1. The molecule has 6 rings (SSSR count). The molecule has 2 aliphatic carbocycles. The van der Waals surface area contributed by atoms with E-state index in [-0.39, 0.29) is 69.4 Å². The van der Waals surface area contributed by atoms with Gasteiger partial charge in [-0.05, 0) is 24.2 Å². The van der Waals surface area contributed by atoms with Crippen molar-refractivity contribution in [1.82, 2.24) is 14.8 Å². The number of nitrogens with zero attached hydrogens (tertiary/aromatic N) is 2. The highest BCUT2D eigenvalue weighted by atomic mass is 32.2. The molecule has 166 valence electrons. The van der Waals surface area contributed by atoms with Gasteiger partial charge in [0.1, 0.15) is 6.54 Å². The number of H-pyrrole nitrogens is 1. The molecule has 0 aromatic carbocycles. The molecule has 31 heavy (non-hydrogen) atoms. The first-order chi connectivity index (χ1) is 14.8. The van der Waals surface area contributed by atoms with Crippen LogP contribution in [0.4, 0.5) is 0 Å². The molecule has 10 heteroatoms. The van der Waals surface area contributed by atoms with E-state index in [9.17, 15) is 19.2 Å². The van der Waals surface area contributed by atoms with Crippen molar-refractivity contribution in [2.24, 2.45) is 29.6 Å². The second kappa shape index (κ2) is 6.68. The number of hydrogen-bond acceptors (Lipinski definition) is 7. The van der Waals surface area contributed by atoms with Gasteiger partial charge in [0.2, 0.25) is 17.7 Å². The first-order valence-corrected chi connectivity index (χ1v) is 12.6. The van der Waals surface area contributed by atoms with Crippen LogP contribution in [0.25, 0.3) is 0 Å². The highest BCUT2D eigenvalue weighted by Gasteiger charge is 2.70. The van der Waals surface area contributed by atoms with Gasteiger partial charge < -0.3 is 14.6 Å². The Bertz CT molecular complexity index is 1040. The molecular formula is C21H25N3O5S2. The zero-order chi connectivity index (χ0) is 21.7. The molecule has 1 aromatic rings. The Morgan fingerprint density at radius 2 is 1.81 bits per heavy atom. The van der Waals surface area contributed by atoms with Gasteiger partial charge >= 0.3 is 4.87 Å². The summed E-state index contributed by atoms with van der Waals surface area (Å²) in [6, 6.07) is 0. The Balaban J connectivity index is 1.29. The monoisotopic (exact) mass is 463 g/mol. The number of likely N-dealkylation sites (tertiary alicyclic amines) is 1. The molecule has 0 spiro atoms. The van der Waals surface area contributed by atoms with E-state index in [4.69, 9.17) is 4.74 Å². The Labute approximate surface area is 187 Å². The minimum absolute atomic E-state index is 0.0435. The number of thiazole rings is 1. The van der Waals surface area contributed by atoms with Gasteiger partial charge in [0.25, 0.3) is 0 Å². The van der Waals surface area contributed by atoms with Crippen LogP contribution in [0, 0.1) is 29.6 Å². The zero-order valence-electron chi connectivity index (χ0n) is 17.5. The summed E-state index contributed by atoms with van der Waals surface area (Å²) in [5.41, 5.74) is -0.222. The van der Waals surface area contributed by atoms with Gasteiger partial charge in [-0.2, -0.15) is 0 Å². The summed E-state index contributed by atoms with van der Waals surface area (Å²) >= 11 is 2.96. The lowest BCUT2D eigenvalue weighted by atomic mass is 9.64. The molecule has 1 N–H and O–H groups in total. The van der Waals surface area contributed by atoms with Gasteiger partial charge in [-0.25, -0.2) is 0 Å². The van der Waals surface area contributed by atoms with E-state index in [1.54, 1.807) is 16.7 Å². The maximum absolute atomic E-state index is 13.4. The second-order valence-electron chi connectivity index (χ2n) is 9.87. The molecular weight excluding hydrogens is 438 g/mol. The van der Waals surface area contributed by atoms with Crippen LogP contribution in [-0.2, 0) is 24.5 Å². The summed E-state index contributed by atoms with van der Waals surface area (Å²) in [4.78, 5) is 58.4. The number of nitrogens with one attached hydrogen (secondary N) is 1. The largest absolute Gasteiger partial charge is 0.378 e. The van der Waals surface area contributed by atoms with E-state index in [2.05, 4.69) is 18.8 Å². The van der Waals surface area contributed by atoms with Crippen LogP contribution in [0.5, 0.6) is 0 Å². The minimum atomic E-state index is -0.327. The van der Waals surface area contributed by atoms with Crippen molar-refractivity contribution in [1.29, 1.82) is 0 Å². The molecule has 2 saturated carbocycles. The molecule has 2 bridgehead atoms. The molecule has 3 aliphatic heterocycles. The van der Waals surface area contributed by atoms with Crippen molar-refractivity contribution in [2.75, 3.05) is 32.8 Å². The summed E-state index contributed by atoms with van der Waals surface area (Å²) in [5, 5.41) is 1.15. The van der Waals surface area contributed by atoms with Gasteiger partial charge in [-0.3, -0.25) is 24.1 Å². The van der Waals surface area contributed by atoms with Crippen molar-refractivity contribution in [3.63, 3.8) is 0 Å². The van der Waals surface area contributed by atoms with Crippen LogP contribution in [0.15, 0.2) is 9.82 Å². The number of morpholine rings is 1. The highest BCUT2D eigenvalue weighted by molar-refractivity contribution is 8.00. The Morgan fingerprint density at radius 1 is 1.13 bits per heavy atom. The number of imide groups is 1. The molecule has 1 aromatic heterocycles. The van der Waals surface area contributed by atoms with E-state index in [1.165, 1.54) is 16.2 Å². The van der Waals surface area contributed by atoms with Crippen LogP contribution in [0.1, 0.15) is 25.1 Å². The lowest BCUT2D eigenvalue weighted by Crippen LogP contribution is -2.48. The van der Waals surface area contributed by atoms with E-state index in [0.717, 1.165) is 16.3 Å². The number of aromatic amines is 1. The number of ether oxygens (including phenoxy) is 1. The molecule has 2 saturated heterocycles. The molecule has 4 heterocycles. The third-order valence-corrected chi connectivity index (χ3v) is 10.9. The Morgan fingerprint density at radius 3 is 2.52 bits per heavy atom. The van der Waals surface area contributed by atoms with Crippen LogP contribution in [0.3, 0.4) is 0 Å². The topological polar surface area (TPSA) is 99.8 Å². The summed E-state index contributed by atoms with van der Waals surface area (Å²) in [6.45, 7) is 6.17. The standard InChI is InChI=1S/C21H25N3O5S2/c1-21(2)14-9-7-10(15(14)30-17-16(21)31-20(28)22-17)13-12(9)18(26)24(19(13)27)8-11(25)23-3-5-29-6-4-23/h9-10,12-15H,3-8H2,1-2H3,(H,22,28)/t9-,10-,12-,13+,14-,15+/m0/s1. The number of carbonyl (C=O) groups excluding carboxylic acids is 3. The van der Waals surface area contributed by atoms with Crippen LogP contribution >= 0.6 is 23.1 Å². The first-order valence-electron chi connectivity index (χ1n) is 10.9. The van der Waals surface area contributed by atoms with Crippen molar-refractivity contribution >= 4 is 40.8 Å². The van der Waals surface area contributed by atoms with Gasteiger partial charge in [0.15, 0.2) is 0 Å². The van der Waals surface area contributed by atoms with Gasteiger partial charge in [0, 0.05) is 28.6 Å². The van der Waals surface area contributed by atoms with Crippen LogP contribution in [0.2, 0.25) is 0 Å². The summed E-state index contributed by atoms with van der Waals surface area (Å²) < 4.78 is 5.30. The zero-order valence-corrected chi connectivity index (χ0v) is 19.1. The number of fused-ring (bicyclic) bond motifs is 9. The highest BCUT2D eigenvalue weighted by Crippen LogP contribution is 2.68. The third-order valence-electron chi connectivity index (χ3n) is 8.14. The summed E-state index contributed by atoms with van der Waals surface area (Å²) in [7, 11) is 0. The molecule has 0 unspecified atom stereocenters. The average Bonchev–Trinajstić information content (AvgIpc) is 3.47. The first kappa shape index (κ1) is 20.0. The average molecular weight is 464 g/mol. The fraction of sp³-hybridized carbons (Fsp3) is 0.714. The van der Waals surface area contributed by atoms with Gasteiger partial charge in [0.05, 0.1) is 30.1 Å². The summed E-state index contributed by atoms with van der Waals surface area (Å²) in [5.74, 6) is -0.700. The molecule has 5 aliphatic rings. The lowest BCUT2D eigenvalue weighted by molar-refractivity contribution is -0.148. The molecule has 8 nitrogen and oxygen atoms in total. The van der Waals surface area contributed by atoms with Crippen LogP contribution < -0.4 is 4.87 Å². The van der Waals surface area contributed by atoms with E-state index >= 15 is 0 Å². The van der Waals surface area contributed by atoms with Crippen molar-refractivity contribution in [3.05, 3.63) is 14.5 Å². The third kappa shape index (κ3) is 2.64.